The highest BCUT2D eigenvalue weighted by atomic mass is 16.5. The third-order valence-corrected chi connectivity index (χ3v) is 3.73. The topological polar surface area (TPSA) is 56.5 Å². The number of ether oxygens (including phenoxy) is 1. The Hall–Kier alpha value is -2.62. The quantitative estimate of drug-likeness (QED) is 0.464. The molecule has 2 aromatic rings. The molecule has 0 amide bonds. The van der Waals surface area contributed by atoms with Gasteiger partial charge in [-0.25, -0.2) is 4.79 Å². The fourth-order valence-corrected chi connectivity index (χ4v) is 2.29. The molecule has 0 radical (unpaired) electrons. The molecule has 0 aliphatic heterocycles. The summed E-state index contributed by atoms with van der Waals surface area (Å²) in [7, 11) is 1.29. The molecule has 0 saturated carbocycles. The van der Waals surface area contributed by atoms with Crippen molar-refractivity contribution >= 4 is 17.8 Å². The van der Waals surface area contributed by atoms with Gasteiger partial charge in [0, 0.05) is 17.6 Å². The maximum atomic E-state index is 12.5. The summed E-state index contributed by atoms with van der Waals surface area (Å²) in [5, 5.41) is 0. The molecule has 4 nitrogen and oxygen atoms in total. The Morgan fingerprint density at radius 1 is 1.12 bits per heavy atom. The lowest BCUT2D eigenvalue weighted by atomic mass is 9.86. The SMILES string of the molecule is COC(=O)C(=Cc1ccco1)CC(=O)c1ccc(C(C)(C)C)cc1. The second-order valence-electron chi connectivity index (χ2n) is 6.60. The fraction of sp³-hybridized carbons (Fsp3) is 0.300. The monoisotopic (exact) mass is 326 g/mol. The first-order chi connectivity index (χ1) is 11.3. The molecule has 1 heterocycles. The summed E-state index contributed by atoms with van der Waals surface area (Å²) in [6.07, 6.45) is 3.00. The van der Waals surface area contributed by atoms with Crippen LogP contribution < -0.4 is 0 Å². The molecule has 0 bridgehead atoms. The van der Waals surface area contributed by atoms with Gasteiger partial charge in [0.2, 0.25) is 0 Å². The van der Waals surface area contributed by atoms with Crippen LogP contribution in [-0.4, -0.2) is 18.9 Å². The van der Waals surface area contributed by atoms with Gasteiger partial charge in [-0.3, -0.25) is 4.79 Å². The normalized spacial score (nSPS) is 12.1. The number of hydrogen-bond acceptors (Lipinski definition) is 4. The average molecular weight is 326 g/mol. The Balaban J connectivity index is 2.20. The van der Waals surface area contributed by atoms with Crippen molar-refractivity contribution in [3.05, 3.63) is 65.1 Å². The minimum Gasteiger partial charge on any atom is -0.466 e. The average Bonchev–Trinajstić information content (AvgIpc) is 3.05. The van der Waals surface area contributed by atoms with Crippen LogP contribution in [0.2, 0.25) is 0 Å². The highest BCUT2D eigenvalue weighted by Crippen LogP contribution is 2.23. The standard InChI is InChI=1S/C20H22O4/c1-20(2,3)16-9-7-14(8-10-16)18(21)13-15(19(22)23-4)12-17-6-5-11-24-17/h5-12H,13H2,1-4H3. The first-order valence-corrected chi connectivity index (χ1v) is 7.77. The molecule has 0 atom stereocenters. The highest BCUT2D eigenvalue weighted by molar-refractivity contribution is 6.05. The zero-order chi connectivity index (χ0) is 17.7. The molecule has 2 rings (SSSR count). The Morgan fingerprint density at radius 2 is 1.79 bits per heavy atom. The van der Waals surface area contributed by atoms with Crippen molar-refractivity contribution in [2.75, 3.05) is 7.11 Å². The summed E-state index contributed by atoms with van der Waals surface area (Å²) in [6.45, 7) is 6.35. The molecular weight excluding hydrogens is 304 g/mol. The second-order valence-corrected chi connectivity index (χ2v) is 6.60. The molecule has 4 heteroatoms. The van der Waals surface area contributed by atoms with Crippen molar-refractivity contribution in [3.63, 3.8) is 0 Å². The number of rotatable bonds is 5. The van der Waals surface area contributed by atoms with Crippen LogP contribution in [0.5, 0.6) is 0 Å². The number of furan rings is 1. The molecule has 0 aliphatic carbocycles. The molecule has 1 aromatic heterocycles. The van der Waals surface area contributed by atoms with E-state index >= 15 is 0 Å². The van der Waals surface area contributed by atoms with E-state index in [2.05, 4.69) is 20.8 Å². The number of esters is 1. The summed E-state index contributed by atoms with van der Waals surface area (Å²) in [5.41, 5.74) is 2.01. The van der Waals surface area contributed by atoms with Crippen molar-refractivity contribution in [3.8, 4) is 0 Å². The van der Waals surface area contributed by atoms with Crippen molar-refractivity contribution in [1.82, 2.24) is 0 Å². The second kappa shape index (κ2) is 7.30. The Bertz CT molecular complexity index is 729. The van der Waals surface area contributed by atoms with Gasteiger partial charge in [-0.1, -0.05) is 45.0 Å². The van der Waals surface area contributed by atoms with Gasteiger partial charge in [-0.2, -0.15) is 0 Å². The number of methoxy groups -OCH3 is 1. The lowest BCUT2D eigenvalue weighted by molar-refractivity contribution is -0.136. The van der Waals surface area contributed by atoms with Crippen LogP contribution in [0.25, 0.3) is 6.08 Å². The van der Waals surface area contributed by atoms with E-state index in [0.717, 1.165) is 5.56 Å². The number of carbonyl (C=O) groups excluding carboxylic acids is 2. The summed E-state index contributed by atoms with van der Waals surface area (Å²) >= 11 is 0. The third kappa shape index (κ3) is 4.44. The van der Waals surface area contributed by atoms with Crippen molar-refractivity contribution in [1.29, 1.82) is 0 Å². The summed E-state index contributed by atoms with van der Waals surface area (Å²) in [5.74, 6) is -0.170. The van der Waals surface area contributed by atoms with E-state index < -0.39 is 5.97 Å². The maximum Gasteiger partial charge on any atom is 0.334 e. The molecule has 0 unspecified atom stereocenters. The predicted octanol–water partition coefficient (Wildman–Crippen LogP) is 4.41. The van der Waals surface area contributed by atoms with Gasteiger partial charge in [0.15, 0.2) is 5.78 Å². The highest BCUT2D eigenvalue weighted by Gasteiger charge is 2.18. The molecular formula is C20H22O4. The van der Waals surface area contributed by atoms with Crippen LogP contribution >= 0.6 is 0 Å². The molecule has 1 aromatic carbocycles. The van der Waals surface area contributed by atoms with E-state index in [-0.39, 0.29) is 23.2 Å². The van der Waals surface area contributed by atoms with Gasteiger partial charge >= 0.3 is 5.97 Å². The van der Waals surface area contributed by atoms with E-state index in [1.165, 1.54) is 19.4 Å². The number of ketones is 1. The van der Waals surface area contributed by atoms with Gasteiger partial charge in [-0.15, -0.1) is 0 Å². The van der Waals surface area contributed by atoms with Crippen LogP contribution in [0.1, 0.15) is 48.9 Å². The van der Waals surface area contributed by atoms with Gasteiger partial charge in [0.05, 0.1) is 13.4 Å². The number of carbonyl (C=O) groups is 2. The molecule has 0 spiro atoms. The van der Waals surface area contributed by atoms with E-state index in [4.69, 9.17) is 9.15 Å². The van der Waals surface area contributed by atoms with Gasteiger partial charge in [0.1, 0.15) is 5.76 Å². The zero-order valence-electron chi connectivity index (χ0n) is 14.5. The van der Waals surface area contributed by atoms with E-state index in [1.807, 2.05) is 12.1 Å². The van der Waals surface area contributed by atoms with Crippen LogP contribution in [0.15, 0.2) is 52.7 Å². The zero-order valence-corrected chi connectivity index (χ0v) is 14.5. The van der Waals surface area contributed by atoms with Crippen LogP contribution in [0.3, 0.4) is 0 Å². The molecule has 0 saturated heterocycles. The smallest absolute Gasteiger partial charge is 0.334 e. The number of hydrogen-bond donors (Lipinski definition) is 0. The van der Waals surface area contributed by atoms with Crippen LogP contribution in [0, 0.1) is 0 Å². The Morgan fingerprint density at radius 3 is 2.29 bits per heavy atom. The molecule has 24 heavy (non-hydrogen) atoms. The minimum absolute atomic E-state index is 0.0257. The van der Waals surface area contributed by atoms with Crippen molar-refractivity contribution in [2.24, 2.45) is 0 Å². The van der Waals surface area contributed by atoms with E-state index in [9.17, 15) is 9.59 Å². The molecule has 126 valence electrons. The molecule has 0 N–H and O–H groups in total. The molecule has 0 aliphatic rings. The Kier molecular flexibility index (Phi) is 5.39. The van der Waals surface area contributed by atoms with Gasteiger partial charge < -0.3 is 9.15 Å². The predicted molar refractivity (Wildman–Crippen MR) is 92.8 cm³/mol. The minimum atomic E-state index is -0.536. The summed E-state index contributed by atoms with van der Waals surface area (Å²) < 4.78 is 9.96. The lowest BCUT2D eigenvalue weighted by Gasteiger charge is -2.19. The number of Topliss-reactive ketones (excluding diaryl/α,β-unsaturated/α-hetero) is 1. The lowest BCUT2D eigenvalue weighted by Crippen LogP contribution is -2.12. The van der Waals surface area contributed by atoms with Crippen molar-refractivity contribution < 1.29 is 18.7 Å². The van der Waals surface area contributed by atoms with E-state index in [0.29, 0.717) is 11.3 Å². The largest absolute Gasteiger partial charge is 0.466 e. The van der Waals surface area contributed by atoms with Crippen LogP contribution in [-0.2, 0) is 14.9 Å². The van der Waals surface area contributed by atoms with Crippen LogP contribution in [0.4, 0.5) is 0 Å². The maximum absolute atomic E-state index is 12.5. The third-order valence-electron chi connectivity index (χ3n) is 3.73. The van der Waals surface area contributed by atoms with E-state index in [1.54, 1.807) is 24.3 Å². The summed E-state index contributed by atoms with van der Waals surface area (Å²) in [4.78, 5) is 24.4. The fourth-order valence-electron chi connectivity index (χ4n) is 2.29. The summed E-state index contributed by atoms with van der Waals surface area (Å²) in [6, 6.07) is 10.9. The van der Waals surface area contributed by atoms with Gasteiger partial charge in [-0.05, 0) is 29.2 Å². The molecule has 0 fully saturated rings. The number of benzene rings is 1. The Labute approximate surface area is 142 Å². The van der Waals surface area contributed by atoms with Crippen molar-refractivity contribution in [2.45, 2.75) is 32.6 Å². The first kappa shape index (κ1) is 17.7. The van der Waals surface area contributed by atoms with Gasteiger partial charge in [0.25, 0.3) is 0 Å². The first-order valence-electron chi connectivity index (χ1n) is 7.77.